The number of hydrogen-bond acceptors (Lipinski definition) is 5. The number of benzene rings is 1. The van der Waals surface area contributed by atoms with Crippen molar-refractivity contribution in [3.8, 4) is 0 Å². The highest BCUT2D eigenvalue weighted by Gasteiger charge is 2.38. The van der Waals surface area contributed by atoms with Crippen LogP contribution < -0.4 is 0 Å². The molecule has 0 amide bonds. The number of carbonyl (C=O) groups is 1. The molecule has 2 N–H and O–H groups in total. The molecule has 3 rings (SSSR count). The molecule has 1 radical (unpaired) electrons. The summed E-state index contributed by atoms with van der Waals surface area (Å²) in [7, 11) is -4.19. The minimum absolute atomic E-state index is 0.103. The van der Waals surface area contributed by atoms with Gasteiger partial charge in [-0.2, -0.15) is 0 Å². The lowest BCUT2D eigenvalue weighted by Gasteiger charge is -2.29. The molecule has 1 unspecified atom stereocenters. The number of carbonyl (C=O) groups excluding carboxylic acids is 1. The summed E-state index contributed by atoms with van der Waals surface area (Å²) >= 11 is 2.69. The molecule has 8 heteroatoms. The van der Waals surface area contributed by atoms with E-state index in [1.165, 1.54) is 4.91 Å². The van der Waals surface area contributed by atoms with Crippen molar-refractivity contribution < 1.29 is 19.1 Å². The molecular weight excluding hydrogens is 365 g/mol. The van der Waals surface area contributed by atoms with Crippen molar-refractivity contribution in [1.82, 2.24) is 4.90 Å². The molecule has 1 atom stereocenters. The first-order chi connectivity index (χ1) is 11.4. The summed E-state index contributed by atoms with van der Waals surface area (Å²) in [4.78, 5) is 34.9. The summed E-state index contributed by atoms with van der Waals surface area (Å²) in [6.45, 7) is 0. The highest BCUT2D eigenvalue weighted by Crippen LogP contribution is 2.50. The lowest BCUT2D eigenvalue weighted by atomic mass is 10.0. The normalized spacial score (nSPS) is 21.1. The van der Waals surface area contributed by atoms with Crippen LogP contribution in [0.4, 0.5) is 0 Å². The molecular formula is C16H19NO4PS2. The third kappa shape index (κ3) is 4.67. The van der Waals surface area contributed by atoms with E-state index in [0.29, 0.717) is 0 Å². The van der Waals surface area contributed by atoms with Crippen molar-refractivity contribution >= 4 is 36.2 Å². The van der Waals surface area contributed by atoms with Gasteiger partial charge in [0.1, 0.15) is 6.29 Å². The smallest absolute Gasteiger partial charge is 0.344 e. The Morgan fingerprint density at radius 3 is 2.71 bits per heavy atom. The Bertz CT molecular complexity index is 689. The van der Waals surface area contributed by atoms with Crippen LogP contribution in [0, 0.1) is 6.42 Å². The third-order valence-corrected chi connectivity index (χ3v) is 6.76. The van der Waals surface area contributed by atoms with Gasteiger partial charge in [-0.15, -0.1) is 11.8 Å². The Kier molecular flexibility index (Phi) is 5.78. The Labute approximate surface area is 150 Å². The molecule has 0 bridgehead atoms. The average molecular weight is 384 g/mol. The zero-order valence-corrected chi connectivity index (χ0v) is 15.5. The maximum absolute atomic E-state index is 12.3. The first-order valence-corrected chi connectivity index (χ1v) is 11.2. The van der Waals surface area contributed by atoms with Crippen LogP contribution >= 0.6 is 31.1 Å². The van der Waals surface area contributed by atoms with Crippen LogP contribution in [-0.4, -0.2) is 31.5 Å². The largest absolute Gasteiger partial charge is 0.349 e. The SMILES string of the molecule is O=C([CH]C1SC2=C(CCCC2)N1CP(=O)(O)O)Sc1ccccc1. The van der Waals surface area contributed by atoms with Gasteiger partial charge in [-0.05, 0) is 37.8 Å². The lowest BCUT2D eigenvalue weighted by Crippen LogP contribution is -2.31. The van der Waals surface area contributed by atoms with Gasteiger partial charge in [0.25, 0.3) is 0 Å². The van der Waals surface area contributed by atoms with Crippen molar-refractivity contribution in [3.05, 3.63) is 47.4 Å². The fourth-order valence-electron chi connectivity index (χ4n) is 2.90. The molecule has 0 spiro atoms. The molecule has 0 saturated heterocycles. The second kappa shape index (κ2) is 7.67. The van der Waals surface area contributed by atoms with E-state index < -0.39 is 7.60 Å². The van der Waals surface area contributed by atoms with E-state index in [-0.39, 0.29) is 16.8 Å². The Hall–Kier alpha value is -0.720. The Balaban J connectivity index is 1.69. The summed E-state index contributed by atoms with van der Waals surface area (Å²) in [6.07, 6.45) is 5.12. The van der Waals surface area contributed by atoms with E-state index in [0.717, 1.165) is 48.0 Å². The van der Waals surface area contributed by atoms with Crippen LogP contribution in [0.2, 0.25) is 0 Å². The highest BCUT2D eigenvalue weighted by atomic mass is 32.2. The first kappa shape index (κ1) is 18.1. The molecule has 1 aromatic carbocycles. The van der Waals surface area contributed by atoms with Crippen LogP contribution in [0.3, 0.4) is 0 Å². The minimum atomic E-state index is -4.19. The van der Waals surface area contributed by atoms with E-state index in [1.54, 1.807) is 23.1 Å². The summed E-state index contributed by atoms with van der Waals surface area (Å²) in [5, 5.41) is -0.432. The maximum Gasteiger partial charge on any atom is 0.344 e. The number of rotatable bonds is 5. The van der Waals surface area contributed by atoms with Gasteiger partial charge in [0.05, 0.1) is 11.8 Å². The summed E-state index contributed by atoms with van der Waals surface area (Å²) < 4.78 is 11.5. The Morgan fingerprint density at radius 2 is 2.00 bits per heavy atom. The van der Waals surface area contributed by atoms with Crippen LogP contribution in [0.5, 0.6) is 0 Å². The predicted molar refractivity (Wildman–Crippen MR) is 97.2 cm³/mol. The molecule has 0 aromatic heterocycles. The molecule has 5 nitrogen and oxygen atoms in total. The van der Waals surface area contributed by atoms with Gasteiger partial charge in [-0.25, -0.2) is 0 Å². The fourth-order valence-corrected chi connectivity index (χ4v) is 5.99. The molecule has 0 saturated carbocycles. The molecule has 0 fully saturated rings. The molecule has 1 aliphatic carbocycles. The highest BCUT2D eigenvalue weighted by molar-refractivity contribution is 8.14. The van der Waals surface area contributed by atoms with E-state index in [2.05, 4.69) is 0 Å². The number of nitrogens with zero attached hydrogens (tertiary/aromatic N) is 1. The van der Waals surface area contributed by atoms with E-state index in [9.17, 15) is 19.1 Å². The van der Waals surface area contributed by atoms with Crippen molar-refractivity contribution in [2.75, 3.05) is 6.29 Å². The predicted octanol–water partition coefficient (Wildman–Crippen LogP) is 3.81. The molecule has 2 aliphatic rings. The van der Waals surface area contributed by atoms with Crippen molar-refractivity contribution in [1.29, 1.82) is 0 Å². The third-order valence-electron chi connectivity index (χ3n) is 3.88. The second-order valence-corrected chi connectivity index (χ2v) is 9.66. The number of allylic oxidation sites excluding steroid dienone is 2. The number of hydrogen-bond donors (Lipinski definition) is 2. The standard InChI is InChI=1S/C16H19NO4PS2/c18-16(23-12-6-2-1-3-7-12)10-15-17(11-22(19,20)21)13-8-4-5-9-14(13)24-15/h1-3,6-7,10,15H,4-5,8-9,11H2,(H2,19,20,21). The summed E-state index contributed by atoms with van der Waals surface area (Å²) in [6, 6.07) is 9.38. The molecule has 1 heterocycles. The maximum atomic E-state index is 12.3. The van der Waals surface area contributed by atoms with Crippen molar-refractivity contribution in [2.24, 2.45) is 0 Å². The minimum Gasteiger partial charge on any atom is -0.349 e. The zero-order valence-electron chi connectivity index (χ0n) is 13.0. The molecule has 129 valence electrons. The molecule has 1 aliphatic heterocycles. The lowest BCUT2D eigenvalue weighted by molar-refractivity contribution is -0.108. The van der Waals surface area contributed by atoms with E-state index in [1.807, 2.05) is 30.3 Å². The van der Waals surface area contributed by atoms with Crippen LogP contribution in [0.25, 0.3) is 0 Å². The molecule has 1 aromatic rings. The van der Waals surface area contributed by atoms with Gasteiger partial charge < -0.3 is 14.7 Å². The van der Waals surface area contributed by atoms with Gasteiger partial charge in [-0.1, -0.05) is 30.0 Å². The fraction of sp³-hybridized carbons (Fsp3) is 0.375. The van der Waals surface area contributed by atoms with Crippen LogP contribution in [-0.2, 0) is 9.36 Å². The number of thioether (sulfide) groups is 2. The van der Waals surface area contributed by atoms with E-state index >= 15 is 0 Å². The van der Waals surface area contributed by atoms with Gasteiger partial charge in [0, 0.05) is 15.5 Å². The van der Waals surface area contributed by atoms with Gasteiger partial charge in [-0.3, -0.25) is 9.36 Å². The summed E-state index contributed by atoms with van der Waals surface area (Å²) in [5.74, 6) is 0. The summed E-state index contributed by atoms with van der Waals surface area (Å²) in [5.41, 5.74) is 1.01. The molecule has 24 heavy (non-hydrogen) atoms. The van der Waals surface area contributed by atoms with Gasteiger partial charge >= 0.3 is 7.60 Å². The van der Waals surface area contributed by atoms with Gasteiger partial charge in [0.2, 0.25) is 5.12 Å². The monoisotopic (exact) mass is 384 g/mol. The van der Waals surface area contributed by atoms with Gasteiger partial charge in [0.15, 0.2) is 0 Å². The van der Waals surface area contributed by atoms with Crippen molar-refractivity contribution in [2.45, 2.75) is 36.0 Å². The van der Waals surface area contributed by atoms with Crippen molar-refractivity contribution in [3.63, 3.8) is 0 Å². The second-order valence-electron chi connectivity index (χ2n) is 5.76. The topological polar surface area (TPSA) is 77.8 Å². The van der Waals surface area contributed by atoms with Crippen LogP contribution in [0.15, 0.2) is 45.8 Å². The Morgan fingerprint density at radius 1 is 1.29 bits per heavy atom. The zero-order chi connectivity index (χ0) is 17.2. The first-order valence-electron chi connectivity index (χ1n) is 7.74. The van der Waals surface area contributed by atoms with E-state index in [4.69, 9.17) is 0 Å². The average Bonchev–Trinajstić information content (AvgIpc) is 2.84. The van der Waals surface area contributed by atoms with Crippen LogP contribution in [0.1, 0.15) is 25.7 Å². The quantitative estimate of drug-likeness (QED) is 0.590.